The van der Waals surface area contributed by atoms with Gasteiger partial charge in [0.05, 0.1) is 12.8 Å². The van der Waals surface area contributed by atoms with E-state index in [9.17, 15) is 0 Å². The van der Waals surface area contributed by atoms with Gasteiger partial charge in [-0.3, -0.25) is 4.99 Å². The van der Waals surface area contributed by atoms with Crippen molar-refractivity contribution in [3.05, 3.63) is 72.6 Å². The number of anilines is 1. The molecule has 8 heteroatoms. The molecule has 0 unspecified atom stereocenters. The third-order valence-electron chi connectivity index (χ3n) is 5.37. The SMILES string of the molecule is CN=C(NCc1ccc(-n2cccn2)cc1)N1CCN(c2cccc(OC)c2)CC1.I. The highest BCUT2D eigenvalue weighted by Gasteiger charge is 2.20. The monoisotopic (exact) mass is 532 g/mol. The van der Waals surface area contributed by atoms with Crippen molar-refractivity contribution in [1.29, 1.82) is 0 Å². The van der Waals surface area contributed by atoms with E-state index in [1.165, 1.54) is 11.3 Å². The van der Waals surface area contributed by atoms with Gasteiger partial charge in [-0.15, -0.1) is 24.0 Å². The number of nitrogens with zero attached hydrogens (tertiary/aromatic N) is 5. The molecule has 1 saturated heterocycles. The first-order valence-corrected chi connectivity index (χ1v) is 10.2. The fourth-order valence-corrected chi connectivity index (χ4v) is 3.69. The molecule has 164 valence electrons. The Morgan fingerprint density at radius 1 is 1.03 bits per heavy atom. The van der Waals surface area contributed by atoms with Crippen LogP contribution in [0.3, 0.4) is 0 Å². The van der Waals surface area contributed by atoms with Crippen molar-refractivity contribution in [3.8, 4) is 11.4 Å². The smallest absolute Gasteiger partial charge is 0.194 e. The molecular formula is C23H29IN6O. The third kappa shape index (κ3) is 5.69. The second kappa shape index (κ2) is 11.0. The van der Waals surface area contributed by atoms with Gasteiger partial charge in [-0.25, -0.2) is 4.68 Å². The summed E-state index contributed by atoms with van der Waals surface area (Å²) in [5.74, 6) is 1.84. The van der Waals surface area contributed by atoms with E-state index in [4.69, 9.17) is 4.74 Å². The van der Waals surface area contributed by atoms with Gasteiger partial charge in [0, 0.05) is 63.9 Å². The summed E-state index contributed by atoms with van der Waals surface area (Å²) in [6.07, 6.45) is 3.73. The molecule has 4 rings (SSSR count). The van der Waals surface area contributed by atoms with Crippen LogP contribution in [0.2, 0.25) is 0 Å². The molecule has 1 aliphatic rings. The zero-order valence-corrected chi connectivity index (χ0v) is 20.3. The van der Waals surface area contributed by atoms with Gasteiger partial charge in [0.1, 0.15) is 5.75 Å². The van der Waals surface area contributed by atoms with Crippen LogP contribution >= 0.6 is 24.0 Å². The van der Waals surface area contributed by atoms with Crippen LogP contribution in [0.15, 0.2) is 72.0 Å². The summed E-state index contributed by atoms with van der Waals surface area (Å²) in [4.78, 5) is 9.19. The summed E-state index contributed by atoms with van der Waals surface area (Å²) in [5.41, 5.74) is 3.47. The average molecular weight is 532 g/mol. The first-order chi connectivity index (χ1) is 14.8. The number of hydrogen-bond acceptors (Lipinski definition) is 4. The van der Waals surface area contributed by atoms with Crippen LogP contribution < -0.4 is 15.0 Å². The molecule has 0 spiro atoms. The topological polar surface area (TPSA) is 57.9 Å². The van der Waals surface area contributed by atoms with E-state index in [-0.39, 0.29) is 24.0 Å². The molecule has 7 nitrogen and oxygen atoms in total. The highest BCUT2D eigenvalue weighted by Crippen LogP contribution is 2.22. The van der Waals surface area contributed by atoms with Crippen LogP contribution in [0.1, 0.15) is 5.56 Å². The fraction of sp³-hybridized carbons (Fsp3) is 0.304. The summed E-state index contributed by atoms with van der Waals surface area (Å²) >= 11 is 0. The van der Waals surface area contributed by atoms with Gasteiger partial charge >= 0.3 is 0 Å². The number of aromatic nitrogens is 2. The molecule has 1 aromatic heterocycles. The molecule has 0 amide bonds. The van der Waals surface area contributed by atoms with Crippen LogP contribution in [-0.4, -0.2) is 61.0 Å². The van der Waals surface area contributed by atoms with Crippen LogP contribution in [-0.2, 0) is 6.54 Å². The Kier molecular flexibility index (Phi) is 8.16. The molecule has 1 N–H and O–H groups in total. The van der Waals surface area contributed by atoms with E-state index in [1.54, 1.807) is 13.3 Å². The maximum Gasteiger partial charge on any atom is 0.194 e. The number of piperazine rings is 1. The summed E-state index contributed by atoms with van der Waals surface area (Å²) in [6, 6.07) is 18.6. The van der Waals surface area contributed by atoms with Crippen molar-refractivity contribution < 1.29 is 4.74 Å². The van der Waals surface area contributed by atoms with Gasteiger partial charge in [0.2, 0.25) is 0 Å². The van der Waals surface area contributed by atoms with Crippen LogP contribution in [0.5, 0.6) is 5.75 Å². The fourth-order valence-electron chi connectivity index (χ4n) is 3.69. The largest absolute Gasteiger partial charge is 0.497 e. The molecule has 1 aliphatic heterocycles. The first kappa shape index (κ1) is 22.9. The van der Waals surface area contributed by atoms with E-state index < -0.39 is 0 Å². The highest BCUT2D eigenvalue weighted by molar-refractivity contribution is 14.0. The number of hydrogen-bond donors (Lipinski definition) is 1. The minimum absolute atomic E-state index is 0. The Bertz CT molecular complexity index is 966. The summed E-state index contributed by atoms with van der Waals surface area (Å²) < 4.78 is 7.21. The summed E-state index contributed by atoms with van der Waals surface area (Å²) in [7, 11) is 3.55. The first-order valence-electron chi connectivity index (χ1n) is 10.2. The van der Waals surface area contributed by atoms with E-state index in [2.05, 4.69) is 61.6 Å². The van der Waals surface area contributed by atoms with Crippen LogP contribution in [0, 0.1) is 0 Å². The number of ether oxygens (including phenoxy) is 1. The van der Waals surface area contributed by atoms with Gasteiger partial charge in [0.15, 0.2) is 5.96 Å². The molecule has 0 atom stereocenters. The number of benzene rings is 2. The molecule has 0 radical (unpaired) electrons. The van der Waals surface area contributed by atoms with Crippen molar-refractivity contribution in [2.45, 2.75) is 6.54 Å². The lowest BCUT2D eigenvalue weighted by atomic mass is 10.2. The Morgan fingerprint density at radius 3 is 2.45 bits per heavy atom. The summed E-state index contributed by atoms with van der Waals surface area (Å²) in [5, 5.41) is 7.76. The van der Waals surface area contributed by atoms with Gasteiger partial charge in [-0.05, 0) is 35.9 Å². The number of nitrogens with one attached hydrogen (secondary N) is 1. The molecule has 1 fully saturated rings. The van der Waals surface area contributed by atoms with Gasteiger partial charge < -0.3 is 19.9 Å². The van der Waals surface area contributed by atoms with Crippen molar-refractivity contribution in [3.63, 3.8) is 0 Å². The minimum atomic E-state index is 0. The Balaban J connectivity index is 0.00000272. The van der Waals surface area contributed by atoms with Crippen molar-refractivity contribution in [1.82, 2.24) is 20.0 Å². The highest BCUT2D eigenvalue weighted by atomic mass is 127. The molecule has 31 heavy (non-hydrogen) atoms. The van der Waals surface area contributed by atoms with Crippen molar-refractivity contribution >= 4 is 35.6 Å². The van der Waals surface area contributed by atoms with Crippen LogP contribution in [0.25, 0.3) is 5.69 Å². The third-order valence-corrected chi connectivity index (χ3v) is 5.37. The molecule has 2 heterocycles. The number of halogens is 1. The molecular weight excluding hydrogens is 503 g/mol. The quantitative estimate of drug-likeness (QED) is 0.310. The van der Waals surface area contributed by atoms with Crippen molar-refractivity contribution in [2.24, 2.45) is 4.99 Å². The standard InChI is InChI=1S/C23H28N6O.HI/c1-24-23(25-18-19-7-9-20(10-8-19)29-12-4-11-26-29)28-15-13-27(14-16-28)21-5-3-6-22(17-21)30-2;/h3-12,17H,13-16,18H2,1-2H3,(H,24,25);1H. The molecule has 3 aromatic rings. The summed E-state index contributed by atoms with van der Waals surface area (Å²) in [6.45, 7) is 4.49. The minimum Gasteiger partial charge on any atom is -0.497 e. The lowest BCUT2D eigenvalue weighted by Crippen LogP contribution is -2.52. The van der Waals surface area contributed by atoms with Gasteiger partial charge in [-0.1, -0.05) is 18.2 Å². The normalized spacial score (nSPS) is 14.2. The number of aliphatic imine (C=N–C) groups is 1. The number of rotatable bonds is 5. The number of guanidine groups is 1. The van der Waals surface area contributed by atoms with Gasteiger partial charge in [-0.2, -0.15) is 5.10 Å². The van der Waals surface area contributed by atoms with Crippen LogP contribution in [0.4, 0.5) is 5.69 Å². The second-order valence-electron chi connectivity index (χ2n) is 7.19. The second-order valence-corrected chi connectivity index (χ2v) is 7.19. The Morgan fingerprint density at radius 2 is 1.81 bits per heavy atom. The zero-order valence-electron chi connectivity index (χ0n) is 17.9. The predicted molar refractivity (Wildman–Crippen MR) is 136 cm³/mol. The molecule has 2 aromatic carbocycles. The zero-order chi connectivity index (χ0) is 20.8. The molecule has 0 saturated carbocycles. The lowest BCUT2D eigenvalue weighted by Gasteiger charge is -2.37. The van der Waals surface area contributed by atoms with E-state index >= 15 is 0 Å². The van der Waals surface area contributed by atoms with E-state index in [0.29, 0.717) is 0 Å². The Labute approximate surface area is 200 Å². The predicted octanol–water partition coefficient (Wildman–Crippen LogP) is 3.40. The van der Waals surface area contributed by atoms with E-state index in [1.807, 2.05) is 36.1 Å². The lowest BCUT2D eigenvalue weighted by molar-refractivity contribution is 0.372. The Hall–Kier alpha value is -2.75. The molecule has 0 aliphatic carbocycles. The maximum atomic E-state index is 5.35. The van der Waals surface area contributed by atoms with Crippen molar-refractivity contribution in [2.75, 3.05) is 45.2 Å². The van der Waals surface area contributed by atoms with Gasteiger partial charge in [0.25, 0.3) is 0 Å². The number of methoxy groups -OCH3 is 1. The molecule has 0 bridgehead atoms. The van der Waals surface area contributed by atoms with E-state index in [0.717, 1.165) is 50.1 Å². The average Bonchev–Trinajstić information content (AvgIpc) is 3.35. The maximum absolute atomic E-state index is 5.35.